The van der Waals surface area contributed by atoms with E-state index < -0.39 is 0 Å². The third-order valence-corrected chi connectivity index (χ3v) is 3.03. The first-order chi connectivity index (χ1) is 10.1. The summed E-state index contributed by atoms with van der Waals surface area (Å²) in [4.78, 5) is 22.3. The summed E-state index contributed by atoms with van der Waals surface area (Å²) in [5.41, 5.74) is 1.35. The maximum atomic E-state index is 11.9. The highest BCUT2D eigenvalue weighted by Crippen LogP contribution is 2.19. The van der Waals surface area contributed by atoms with Gasteiger partial charge in [0.05, 0.1) is 12.4 Å². The number of carbonyl (C=O) groups is 1. The van der Waals surface area contributed by atoms with Crippen LogP contribution in [0.25, 0.3) is 0 Å². The molecule has 110 valence electrons. The fourth-order valence-corrected chi connectivity index (χ4v) is 1.78. The summed E-state index contributed by atoms with van der Waals surface area (Å²) in [7, 11) is 1.91. The molecule has 1 aromatic carbocycles. The monoisotopic (exact) mass is 284 g/mol. The molecule has 0 atom stereocenters. The minimum atomic E-state index is -0.190. The maximum absolute atomic E-state index is 11.9. The molecule has 0 aliphatic rings. The summed E-state index contributed by atoms with van der Waals surface area (Å²) >= 11 is 0. The van der Waals surface area contributed by atoms with Gasteiger partial charge < -0.3 is 10.2 Å². The SMILES string of the molecule is CC(C)CNC(=O)c1cnc(N(C)c2ccccc2)cn1. The molecule has 5 nitrogen and oxygen atoms in total. The molecular weight excluding hydrogens is 264 g/mol. The van der Waals surface area contributed by atoms with E-state index in [2.05, 4.69) is 15.3 Å². The van der Waals surface area contributed by atoms with Crippen LogP contribution in [0.5, 0.6) is 0 Å². The number of nitrogens with one attached hydrogen (secondary N) is 1. The van der Waals surface area contributed by atoms with E-state index in [0.29, 0.717) is 24.0 Å². The quantitative estimate of drug-likeness (QED) is 0.917. The number of anilines is 2. The number of hydrogen-bond donors (Lipinski definition) is 1. The van der Waals surface area contributed by atoms with Gasteiger partial charge in [-0.05, 0) is 18.1 Å². The molecular formula is C16H20N4O. The van der Waals surface area contributed by atoms with Crippen LogP contribution in [0.1, 0.15) is 24.3 Å². The number of para-hydroxylation sites is 1. The zero-order valence-electron chi connectivity index (χ0n) is 12.6. The van der Waals surface area contributed by atoms with Crippen LogP contribution in [-0.4, -0.2) is 29.5 Å². The molecule has 1 amide bonds. The summed E-state index contributed by atoms with van der Waals surface area (Å²) in [5.74, 6) is 0.914. The Balaban J connectivity index is 2.07. The summed E-state index contributed by atoms with van der Waals surface area (Å²) in [6, 6.07) is 9.88. The second-order valence-electron chi connectivity index (χ2n) is 5.26. The molecule has 0 unspecified atom stereocenters. The fourth-order valence-electron chi connectivity index (χ4n) is 1.78. The molecule has 0 saturated carbocycles. The number of hydrogen-bond acceptors (Lipinski definition) is 4. The first-order valence-electron chi connectivity index (χ1n) is 6.97. The van der Waals surface area contributed by atoms with Gasteiger partial charge in [-0.2, -0.15) is 0 Å². The van der Waals surface area contributed by atoms with Gasteiger partial charge in [-0.3, -0.25) is 4.79 Å². The van der Waals surface area contributed by atoms with E-state index in [1.165, 1.54) is 6.20 Å². The van der Waals surface area contributed by atoms with Crippen LogP contribution in [-0.2, 0) is 0 Å². The molecule has 0 saturated heterocycles. The van der Waals surface area contributed by atoms with Crippen molar-refractivity contribution in [3.63, 3.8) is 0 Å². The molecule has 0 fully saturated rings. The van der Waals surface area contributed by atoms with Gasteiger partial charge in [0.25, 0.3) is 5.91 Å². The lowest BCUT2D eigenvalue weighted by Gasteiger charge is -2.17. The molecule has 0 aliphatic carbocycles. The highest BCUT2D eigenvalue weighted by atomic mass is 16.1. The highest BCUT2D eigenvalue weighted by Gasteiger charge is 2.10. The van der Waals surface area contributed by atoms with E-state index >= 15 is 0 Å². The second kappa shape index (κ2) is 6.83. The Labute approximate surface area is 125 Å². The Hall–Kier alpha value is -2.43. The molecule has 21 heavy (non-hydrogen) atoms. The van der Waals surface area contributed by atoms with Gasteiger partial charge >= 0.3 is 0 Å². The molecule has 5 heteroatoms. The summed E-state index contributed by atoms with van der Waals surface area (Å²) in [6.07, 6.45) is 3.11. The van der Waals surface area contributed by atoms with Crippen LogP contribution in [0.3, 0.4) is 0 Å². The maximum Gasteiger partial charge on any atom is 0.271 e. The Bertz CT molecular complexity index is 581. The van der Waals surface area contributed by atoms with Gasteiger partial charge in [-0.15, -0.1) is 0 Å². The van der Waals surface area contributed by atoms with Gasteiger partial charge in [0, 0.05) is 19.3 Å². The van der Waals surface area contributed by atoms with Crippen molar-refractivity contribution in [2.24, 2.45) is 5.92 Å². The van der Waals surface area contributed by atoms with Crippen molar-refractivity contribution in [2.75, 3.05) is 18.5 Å². The molecule has 0 bridgehead atoms. The number of benzene rings is 1. The largest absolute Gasteiger partial charge is 0.350 e. The van der Waals surface area contributed by atoms with Crippen molar-refractivity contribution in [3.8, 4) is 0 Å². The number of aromatic nitrogens is 2. The number of rotatable bonds is 5. The van der Waals surface area contributed by atoms with Crippen molar-refractivity contribution >= 4 is 17.4 Å². The average Bonchev–Trinajstić information content (AvgIpc) is 2.53. The fraction of sp³-hybridized carbons (Fsp3) is 0.312. The first kappa shape index (κ1) is 15.0. The van der Waals surface area contributed by atoms with Gasteiger partial charge in [-0.25, -0.2) is 9.97 Å². The normalized spacial score (nSPS) is 10.5. The molecule has 0 spiro atoms. The smallest absolute Gasteiger partial charge is 0.271 e. The number of amides is 1. The van der Waals surface area contributed by atoms with Crippen LogP contribution < -0.4 is 10.2 Å². The Kier molecular flexibility index (Phi) is 4.87. The van der Waals surface area contributed by atoms with Gasteiger partial charge in [0.1, 0.15) is 5.69 Å². The first-order valence-corrected chi connectivity index (χ1v) is 6.97. The second-order valence-corrected chi connectivity index (χ2v) is 5.26. The zero-order chi connectivity index (χ0) is 15.2. The Morgan fingerprint density at radius 2 is 1.90 bits per heavy atom. The van der Waals surface area contributed by atoms with Gasteiger partial charge in [0.2, 0.25) is 0 Å². The van der Waals surface area contributed by atoms with E-state index in [1.54, 1.807) is 6.20 Å². The van der Waals surface area contributed by atoms with Crippen LogP contribution in [0.2, 0.25) is 0 Å². The summed E-state index contributed by atoms with van der Waals surface area (Å²) in [6.45, 7) is 4.72. The summed E-state index contributed by atoms with van der Waals surface area (Å²) in [5, 5.41) is 2.82. The molecule has 0 aliphatic heterocycles. The van der Waals surface area contributed by atoms with Crippen molar-refractivity contribution in [1.82, 2.24) is 15.3 Å². The third kappa shape index (κ3) is 4.02. The highest BCUT2D eigenvalue weighted by molar-refractivity contribution is 5.92. The zero-order valence-corrected chi connectivity index (χ0v) is 12.6. The minimum absolute atomic E-state index is 0.190. The lowest BCUT2D eigenvalue weighted by Crippen LogP contribution is -2.28. The van der Waals surface area contributed by atoms with Crippen molar-refractivity contribution < 1.29 is 4.79 Å². The molecule has 1 heterocycles. The van der Waals surface area contributed by atoms with Crippen LogP contribution in [0.15, 0.2) is 42.7 Å². The van der Waals surface area contributed by atoms with Gasteiger partial charge in [0.15, 0.2) is 5.82 Å². The van der Waals surface area contributed by atoms with E-state index in [4.69, 9.17) is 0 Å². The Morgan fingerprint density at radius 3 is 2.48 bits per heavy atom. The molecule has 2 aromatic rings. The molecule has 1 N–H and O–H groups in total. The van der Waals surface area contributed by atoms with E-state index in [-0.39, 0.29) is 5.91 Å². The topological polar surface area (TPSA) is 58.1 Å². The van der Waals surface area contributed by atoms with Gasteiger partial charge in [-0.1, -0.05) is 32.0 Å². The Morgan fingerprint density at radius 1 is 1.19 bits per heavy atom. The van der Waals surface area contributed by atoms with E-state index in [1.807, 2.05) is 56.1 Å². The predicted molar refractivity (Wildman–Crippen MR) is 83.7 cm³/mol. The van der Waals surface area contributed by atoms with Crippen molar-refractivity contribution in [1.29, 1.82) is 0 Å². The number of carbonyl (C=O) groups excluding carboxylic acids is 1. The molecule has 2 rings (SSSR count). The molecule has 0 radical (unpaired) electrons. The van der Waals surface area contributed by atoms with Crippen molar-refractivity contribution in [3.05, 3.63) is 48.4 Å². The lowest BCUT2D eigenvalue weighted by atomic mass is 10.2. The standard InChI is InChI=1S/C16H20N4O/c1-12(2)9-19-16(21)14-10-18-15(11-17-14)20(3)13-7-5-4-6-8-13/h4-8,10-12H,9H2,1-3H3,(H,19,21). The van der Waals surface area contributed by atoms with Crippen LogP contribution >= 0.6 is 0 Å². The van der Waals surface area contributed by atoms with E-state index in [0.717, 1.165) is 5.69 Å². The van der Waals surface area contributed by atoms with E-state index in [9.17, 15) is 4.79 Å². The average molecular weight is 284 g/mol. The minimum Gasteiger partial charge on any atom is -0.350 e. The lowest BCUT2D eigenvalue weighted by molar-refractivity contribution is 0.0943. The van der Waals surface area contributed by atoms with Crippen LogP contribution in [0.4, 0.5) is 11.5 Å². The number of nitrogens with zero attached hydrogens (tertiary/aromatic N) is 3. The molecule has 1 aromatic heterocycles. The van der Waals surface area contributed by atoms with Crippen molar-refractivity contribution in [2.45, 2.75) is 13.8 Å². The predicted octanol–water partition coefficient (Wildman–Crippen LogP) is 2.63. The van der Waals surface area contributed by atoms with Crippen LogP contribution in [0, 0.1) is 5.92 Å². The summed E-state index contributed by atoms with van der Waals surface area (Å²) < 4.78 is 0. The third-order valence-electron chi connectivity index (χ3n) is 3.03.